The summed E-state index contributed by atoms with van der Waals surface area (Å²) in [7, 11) is 0. The molecule has 1 heterocycles. The minimum atomic E-state index is -0.880. The van der Waals surface area contributed by atoms with Crippen LogP contribution in [-0.4, -0.2) is 41.3 Å². The van der Waals surface area contributed by atoms with Crippen molar-refractivity contribution in [1.82, 2.24) is 4.90 Å². The van der Waals surface area contributed by atoms with E-state index in [1.165, 1.54) is 0 Å². The molecule has 18 heavy (non-hydrogen) atoms. The molecule has 2 rings (SSSR count). The summed E-state index contributed by atoms with van der Waals surface area (Å²) in [4.78, 5) is 13.1. The lowest BCUT2D eigenvalue weighted by molar-refractivity contribution is -0.0526. The average molecular weight is 249 g/mol. The Morgan fingerprint density at radius 2 is 2.06 bits per heavy atom. The van der Waals surface area contributed by atoms with Crippen LogP contribution in [0.15, 0.2) is 24.3 Å². The van der Waals surface area contributed by atoms with Gasteiger partial charge in [0, 0.05) is 19.1 Å². The van der Waals surface area contributed by atoms with E-state index in [9.17, 15) is 4.79 Å². The molecule has 1 aliphatic heterocycles. The van der Waals surface area contributed by atoms with Crippen LogP contribution in [0.3, 0.4) is 0 Å². The Morgan fingerprint density at radius 3 is 2.67 bits per heavy atom. The maximum Gasteiger partial charge on any atom is 0.335 e. The van der Waals surface area contributed by atoms with Gasteiger partial charge < -0.3 is 9.84 Å². The van der Waals surface area contributed by atoms with E-state index in [1.54, 1.807) is 12.1 Å². The van der Waals surface area contributed by atoms with E-state index < -0.39 is 5.97 Å². The fraction of sp³-hybridized carbons (Fsp3) is 0.500. The van der Waals surface area contributed by atoms with Crippen molar-refractivity contribution in [3.05, 3.63) is 35.4 Å². The second-order valence-corrected chi connectivity index (χ2v) is 4.92. The number of carboxylic acids is 1. The van der Waals surface area contributed by atoms with E-state index in [0.717, 1.165) is 25.3 Å². The van der Waals surface area contributed by atoms with Crippen LogP contribution in [0, 0.1) is 0 Å². The number of nitrogens with zero attached hydrogens (tertiary/aromatic N) is 1. The lowest BCUT2D eigenvalue weighted by Gasteiger charge is -2.36. The van der Waals surface area contributed by atoms with Crippen molar-refractivity contribution in [2.75, 3.05) is 13.2 Å². The molecule has 4 nitrogen and oxygen atoms in total. The van der Waals surface area contributed by atoms with Gasteiger partial charge in [-0.05, 0) is 31.5 Å². The molecule has 0 bridgehead atoms. The number of benzene rings is 1. The first-order valence-corrected chi connectivity index (χ1v) is 6.24. The smallest absolute Gasteiger partial charge is 0.335 e. The Kier molecular flexibility index (Phi) is 3.99. The molecule has 0 aromatic heterocycles. The van der Waals surface area contributed by atoms with Gasteiger partial charge in [0.1, 0.15) is 0 Å². The van der Waals surface area contributed by atoms with Gasteiger partial charge in [-0.3, -0.25) is 4.90 Å². The predicted octanol–water partition coefficient (Wildman–Crippen LogP) is 1.99. The molecule has 0 saturated carbocycles. The Hall–Kier alpha value is -1.39. The quantitative estimate of drug-likeness (QED) is 0.890. The molecule has 0 spiro atoms. The Labute approximate surface area is 107 Å². The predicted molar refractivity (Wildman–Crippen MR) is 68.7 cm³/mol. The third kappa shape index (κ3) is 3.09. The van der Waals surface area contributed by atoms with Crippen LogP contribution in [0.25, 0.3) is 0 Å². The fourth-order valence-corrected chi connectivity index (χ4v) is 2.18. The zero-order chi connectivity index (χ0) is 13.1. The zero-order valence-corrected chi connectivity index (χ0v) is 10.8. The molecule has 0 aliphatic carbocycles. The first-order valence-electron chi connectivity index (χ1n) is 6.24. The average Bonchev–Trinajstić information content (AvgIpc) is 2.34. The van der Waals surface area contributed by atoms with Crippen molar-refractivity contribution in [2.45, 2.75) is 32.5 Å². The van der Waals surface area contributed by atoms with Gasteiger partial charge >= 0.3 is 5.97 Å². The third-order valence-electron chi connectivity index (χ3n) is 3.32. The van der Waals surface area contributed by atoms with Gasteiger partial charge in [0.25, 0.3) is 0 Å². The molecule has 0 radical (unpaired) electrons. The maximum absolute atomic E-state index is 10.8. The second-order valence-electron chi connectivity index (χ2n) is 4.92. The van der Waals surface area contributed by atoms with Crippen LogP contribution >= 0.6 is 0 Å². The van der Waals surface area contributed by atoms with Crippen molar-refractivity contribution in [3.8, 4) is 0 Å². The van der Waals surface area contributed by atoms with Crippen molar-refractivity contribution in [2.24, 2.45) is 0 Å². The molecule has 1 aromatic carbocycles. The highest BCUT2D eigenvalue weighted by atomic mass is 16.5. The number of morpholine rings is 1. The van der Waals surface area contributed by atoms with Gasteiger partial charge in [0.15, 0.2) is 0 Å². The summed E-state index contributed by atoms with van der Waals surface area (Å²) in [6.07, 6.45) is 0.263. The number of hydrogen-bond donors (Lipinski definition) is 1. The molecule has 2 unspecified atom stereocenters. The van der Waals surface area contributed by atoms with E-state index >= 15 is 0 Å². The summed E-state index contributed by atoms with van der Waals surface area (Å²) >= 11 is 0. The number of carboxylic acid groups (broad SMARTS) is 1. The highest BCUT2D eigenvalue weighted by molar-refractivity contribution is 5.87. The van der Waals surface area contributed by atoms with Crippen molar-refractivity contribution >= 4 is 5.97 Å². The molecule has 1 aromatic rings. The number of aromatic carboxylic acids is 1. The number of carbonyl (C=O) groups is 1. The van der Waals surface area contributed by atoms with Crippen LogP contribution in [0.4, 0.5) is 0 Å². The molecular formula is C14H19NO3. The SMILES string of the molecule is CC1CN(Cc2ccc(C(=O)O)cc2)C(C)CO1. The van der Waals surface area contributed by atoms with Crippen molar-refractivity contribution in [1.29, 1.82) is 0 Å². The van der Waals surface area contributed by atoms with Crippen LogP contribution in [0.2, 0.25) is 0 Å². The van der Waals surface area contributed by atoms with Crippen LogP contribution in [-0.2, 0) is 11.3 Å². The monoisotopic (exact) mass is 249 g/mol. The summed E-state index contributed by atoms with van der Waals surface area (Å²) in [5.41, 5.74) is 1.48. The molecule has 1 saturated heterocycles. The molecule has 0 amide bonds. The largest absolute Gasteiger partial charge is 0.478 e. The molecule has 1 aliphatic rings. The van der Waals surface area contributed by atoms with Gasteiger partial charge in [-0.2, -0.15) is 0 Å². The van der Waals surface area contributed by atoms with Crippen LogP contribution in [0.5, 0.6) is 0 Å². The second kappa shape index (κ2) is 5.50. The number of rotatable bonds is 3. The fourth-order valence-electron chi connectivity index (χ4n) is 2.18. The van der Waals surface area contributed by atoms with E-state index in [0.29, 0.717) is 11.6 Å². The molecule has 98 valence electrons. The van der Waals surface area contributed by atoms with Gasteiger partial charge in [-0.15, -0.1) is 0 Å². The summed E-state index contributed by atoms with van der Waals surface area (Å²) in [5, 5.41) is 8.85. The molecule has 1 fully saturated rings. The van der Waals surface area contributed by atoms with Gasteiger partial charge in [-0.25, -0.2) is 4.79 Å². The van der Waals surface area contributed by atoms with E-state index in [1.807, 2.05) is 12.1 Å². The summed E-state index contributed by atoms with van der Waals surface area (Å²) in [5.74, 6) is -0.880. The first kappa shape index (κ1) is 13.1. The van der Waals surface area contributed by atoms with Crippen molar-refractivity contribution < 1.29 is 14.6 Å². The van der Waals surface area contributed by atoms with Crippen LogP contribution < -0.4 is 0 Å². The Morgan fingerprint density at radius 1 is 1.39 bits per heavy atom. The van der Waals surface area contributed by atoms with Gasteiger partial charge in [0.05, 0.1) is 18.3 Å². The Balaban J connectivity index is 2.02. The van der Waals surface area contributed by atoms with Crippen molar-refractivity contribution in [3.63, 3.8) is 0 Å². The van der Waals surface area contributed by atoms with Crippen LogP contribution in [0.1, 0.15) is 29.8 Å². The summed E-state index contributed by atoms with van der Waals surface area (Å²) in [6, 6.07) is 7.49. The maximum atomic E-state index is 10.8. The highest BCUT2D eigenvalue weighted by Gasteiger charge is 2.23. The molecule has 1 N–H and O–H groups in total. The van der Waals surface area contributed by atoms with E-state index in [-0.39, 0.29) is 6.10 Å². The summed E-state index contributed by atoms with van der Waals surface area (Å²) in [6.45, 7) is 6.74. The minimum Gasteiger partial charge on any atom is -0.478 e. The minimum absolute atomic E-state index is 0.263. The molecular weight excluding hydrogens is 230 g/mol. The molecule has 2 atom stereocenters. The zero-order valence-electron chi connectivity index (χ0n) is 10.8. The number of hydrogen-bond acceptors (Lipinski definition) is 3. The van der Waals surface area contributed by atoms with E-state index in [4.69, 9.17) is 9.84 Å². The summed E-state index contributed by atoms with van der Waals surface area (Å²) < 4.78 is 5.59. The standard InChI is InChI=1S/C14H19NO3/c1-10-9-18-11(2)7-15(10)8-12-3-5-13(6-4-12)14(16)17/h3-6,10-11H,7-9H2,1-2H3,(H,16,17). The lowest BCUT2D eigenvalue weighted by atomic mass is 10.1. The normalized spacial score (nSPS) is 25.0. The van der Waals surface area contributed by atoms with E-state index in [2.05, 4.69) is 18.7 Å². The van der Waals surface area contributed by atoms with Gasteiger partial charge in [-0.1, -0.05) is 12.1 Å². The third-order valence-corrected chi connectivity index (χ3v) is 3.32. The molecule has 4 heteroatoms. The number of ether oxygens (including phenoxy) is 1. The highest BCUT2D eigenvalue weighted by Crippen LogP contribution is 2.15. The topological polar surface area (TPSA) is 49.8 Å². The lowest BCUT2D eigenvalue weighted by Crippen LogP contribution is -2.46. The Bertz CT molecular complexity index is 416. The first-order chi connectivity index (χ1) is 8.56. The van der Waals surface area contributed by atoms with Gasteiger partial charge in [0.2, 0.25) is 0 Å².